The lowest BCUT2D eigenvalue weighted by Gasteiger charge is -2.13. The predicted octanol–water partition coefficient (Wildman–Crippen LogP) is 6.64. The van der Waals surface area contributed by atoms with Gasteiger partial charge in [0.15, 0.2) is 0 Å². The molecule has 1 N–H and O–H groups in total. The number of rotatable bonds is 7. The van der Waals surface area contributed by atoms with Gasteiger partial charge in [-0.2, -0.15) is 0 Å². The standard InChI is InChI=1S/C24H26O2/c1-3-4-5-6-9-18-12-14-19(15-13-18)22-16-17(2)23(24(25)26)21-11-8-7-10-20(21)22/h7-8,10-16H,3-6,9H2,1-2H3,(H,25,26). The Hall–Kier alpha value is -2.61. The number of aromatic carboxylic acids is 1. The first-order valence-electron chi connectivity index (χ1n) is 9.46. The third-order valence-corrected chi connectivity index (χ3v) is 5.04. The molecule has 0 aliphatic rings. The van der Waals surface area contributed by atoms with Gasteiger partial charge in [-0.05, 0) is 58.9 Å². The van der Waals surface area contributed by atoms with Crippen LogP contribution in [0.25, 0.3) is 21.9 Å². The van der Waals surface area contributed by atoms with Gasteiger partial charge in [0, 0.05) is 0 Å². The normalized spacial score (nSPS) is 11.0. The maximum absolute atomic E-state index is 11.7. The van der Waals surface area contributed by atoms with Crippen LogP contribution in [0.1, 0.15) is 54.1 Å². The van der Waals surface area contributed by atoms with Gasteiger partial charge in [-0.3, -0.25) is 0 Å². The van der Waals surface area contributed by atoms with Gasteiger partial charge < -0.3 is 5.11 Å². The highest BCUT2D eigenvalue weighted by Crippen LogP contribution is 2.33. The summed E-state index contributed by atoms with van der Waals surface area (Å²) in [6, 6.07) is 18.5. The van der Waals surface area contributed by atoms with Crippen LogP contribution in [0.15, 0.2) is 54.6 Å². The van der Waals surface area contributed by atoms with Crippen LogP contribution in [-0.4, -0.2) is 11.1 Å². The highest BCUT2D eigenvalue weighted by Gasteiger charge is 2.15. The second kappa shape index (κ2) is 8.18. The molecule has 0 unspecified atom stereocenters. The van der Waals surface area contributed by atoms with Gasteiger partial charge in [0.2, 0.25) is 0 Å². The van der Waals surface area contributed by atoms with Crippen LogP contribution in [0.5, 0.6) is 0 Å². The van der Waals surface area contributed by atoms with Crippen LogP contribution in [0, 0.1) is 6.92 Å². The van der Waals surface area contributed by atoms with E-state index in [1.165, 1.54) is 31.2 Å². The fourth-order valence-electron chi connectivity index (χ4n) is 3.64. The number of fused-ring (bicyclic) bond motifs is 1. The van der Waals surface area contributed by atoms with E-state index >= 15 is 0 Å². The van der Waals surface area contributed by atoms with Gasteiger partial charge in [0.05, 0.1) is 5.56 Å². The molecule has 3 rings (SSSR count). The van der Waals surface area contributed by atoms with Gasteiger partial charge in [-0.25, -0.2) is 4.79 Å². The van der Waals surface area contributed by atoms with Gasteiger partial charge in [0.1, 0.15) is 0 Å². The van der Waals surface area contributed by atoms with Crippen molar-refractivity contribution in [1.82, 2.24) is 0 Å². The topological polar surface area (TPSA) is 37.3 Å². The molecule has 0 aliphatic carbocycles. The van der Waals surface area contributed by atoms with Crippen molar-refractivity contribution in [3.05, 3.63) is 71.3 Å². The minimum absolute atomic E-state index is 0.400. The molecule has 0 aromatic heterocycles. The van der Waals surface area contributed by atoms with E-state index in [-0.39, 0.29) is 0 Å². The van der Waals surface area contributed by atoms with Gasteiger partial charge in [-0.1, -0.05) is 74.7 Å². The van der Waals surface area contributed by atoms with Crippen molar-refractivity contribution in [2.75, 3.05) is 0 Å². The van der Waals surface area contributed by atoms with Crippen LogP contribution < -0.4 is 0 Å². The highest BCUT2D eigenvalue weighted by atomic mass is 16.4. The van der Waals surface area contributed by atoms with E-state index in [0.717, 1.165) is 33.9 Å². The van der Waals surface area contributed by atoms with E-state index in [2.05, 4.69) is 31.2 Å². The molecule has 0 radical (unpaired) electrons. The van der Waals surface area contributed by atoms with E-state index in [1.54, 1.807) is 0 Å². The molecule has 0 aliphatic heterocycles. The van der Waals surface area contributed by atoms with Crippen molar-refractivity contribution in [3.8, 4) is 11.1 Å². The average Bonchev–Trinajstić information content (AvgIpc) is 2.65. The lowest BCUT2D eigenvalue weighted by atomic mass is 9.91. The summed E-state index contributed by atoms with van der Waals surface area (Å²) in [4.78, 5) is 11.7. The van der Waals surface area contributed by atoms with Crippen molar-refractivity contribution in [1.29, 1.82) is 0 Å². The summed E-state index contributed by atoms with van der Waals surface area (Å²) in [5.74, 6) is -0.868. The lowest BCUT2D eigenvalue weighted by Crippen LogP contribution is -2.02. The first-order valence-corrected chi connectivity index (χ1v) is 9.46. The molecule has 2 heteroatoms. The summed E-state index contributed by atoms with van der Waals surface area (Å²) in [5, 5.41) is 11.4. The van der Waals surface area contributed by atoms with Crippen LogP contribution >= 0.6 is 0 Å². The van der Waals surface area contributed by atoms with Crippen molar-refractivity contribution >= 4 is 16.7 Å². The molecule has 3 aromatic rings. The fraction of sp³-hybridized carbons (Fsp3) is 0.292. The van der Waals surface area contributed by atoms with Crippen LogP contribution in [-0.2, 0) is 6.42 Å². The monoisotopic (exact) mass is 346 g/mol. The zero-order valence-corrected chi connectivity index (χ0v) is 15.6. The summed E-state index contributed by atoms with van der Waals surface area (Å²) >= 11 is 0. The second-order valence-electron chi connectivity index (χ2n) is 6.97. The third kappa shape index (κ3) is 3.80. The van der Waals surface area contributed by atoms with E-state index in [9.17, 15) is 9.90 Å². The zero-order valence-electron chi connectivity index (χ0n) is 15.6. The van der Waals surface area contributed by atoms with Crippen molar-refractivity contribution in [2.24, 2.45) is 0 Å². The highest BCUT2D eigenvalue weighted by molar-refractivity contribution is 6.09. The van der Waals surface area contributed by atoms with Gasteiger partial charge >= 0.3 is 5.97 Å². The Bertz CT molecular complexity index is 907. The SMILES string of the molecule is CCCCCCc1ccc(-c2cc(C)c(C(=O)O)c3ccccc23)cc1. The number of carboxylic acids is 1. The smallest absolute Gasteiger partial charge is 0.336 e. The Labute approximate surface area is 155 Å². The van der Waals surface area contributed by atoms with E-state index in [1.807, 2.05) is 37.3 Å². The number of hydrogen-bond donors (Lipinski definition) is 1. The molecule has 0 fully saturated rings. The molecular weight excluding hydrogens is 320 g/mol. The summed E-state index contributed by atoms with van der Waals surface area (Å²) in [6.45, 7) is 4.11. The van der Waals surface area contributed by atoms with E-state index < -0.39 is 5.97 Å². The third-order valence-electron chi connectivity index (χ3n) is 5.04. The second-order valence-corrected chi connectivity index (χ2v) is 6.97. The summed E-state index contributed by atoms with van der Waals surface area (Å²) in [7, 11) is 0. The molecule has 0 saturated carbocycles. The van der Waals surface area contributed by atoms with Crippen LogP contribution in [0.2, 0.25) is 0 Å². The fourth-order valence-corrected chi connectivity index (χ4v) is 3.64. The molecule has 0 bridgehead atoms. The van der Waals surface area contributed by atoms with Gasteiger partial charge in [0.25, 0.3) is 0 Å². The number of hydrogen-bond acceptors (Lipinski definition) is 1. The maximum Gasteiger partial charge on any atom is 0.336 e. The number of benzene rings is 3. The molecule has 0 atom stereocenters. The number of carbonyl (C=O) groups is 1. The molecule has 3 aromatic carbocycles. The van der Waals surface area contributed by atoms with Crippen LogP contribution in [0.4, 0.5) is 0 Å². The molecule has 0 heterocycles. The molecule has 0 saturated heterocycles. The minimum Gasteiger partial charge on any atom is -0.478 e. The first-order chi connectivity index (χ1) is 12.6. The Kier molecular flexibility index (Phi) is 5.72. The van der Waals surface area contributed by atoms with Gasteiger partial charge in [-0.15, -0.1) is 0 Å². The van der Waals surface area contributed by atoms with Crippen LogP contribution in [0.3, 0.4) is 0 Å². The average molecular weight is 346 g/mol. The van der Waals surface area contributed by atoms with E-state index in [0.29, 0.717) is 5.56 Å². The van der Waals surface area contributed by atoms with Crippen molar-refractivity contribution in [3.63, 3.8) is 0 Å². The maximum atomic E-state index is 11.7. The molecule has 0 amide bonds. The quantitative estimate of drug-likeness (QED) is 0.487. The Balaban J connectivity index is 1.96. The van der Waals surface area contributed by atoms with E-state index in [4.69, 9.17) is 0 Å². The molecular formula is C24H26O2. The Morgan fingerprint density at radius 1 is 0.923 bits per heavy atom. The summed E-state index contributed by atoms with van der Waals surface area (Å²) in [5.41, 5.74) is 4.80. The molecule has 26 heavy (non-hydrogen) atoms. The largest absolute Gasteiger partial charge is 0.478 e. The van der Waals surface area contributed by atoms with Crippen molar-refractivity contribution < 1.29 is 9.90 Å². The number of aryl methyl sites for hydroxylation is 2. The predicted molar refractivity (Wildman–Crippen MR) is 109 cm³/mol. The summed E-state index contributed by atoms with van der Waals surface area (Å²) in [6.07, 6.45) is 6.22. The molecule has 134 valence electrons. The Morgan fingerprint density at radius 3 is 2.27 bits per heavy atom. The zero-order chi connectivity index (χ0) is 18.5. The first kappa shape index (κ1) is 18.2. The van der Waals surface area contributed by atoms with Crippen molar-refractivity contribution in [2.45, 2.75) is 46.0 Å². The minimum atomic E-state index is -0.868. The lowest BCUT2D eigenvalue weighted by molar-refractivity contribution is 0.0698. The molecule has 2 nitrogen and oxygen atoms in total. The summed E-state index contributed by atoms with van der Waals surface area (Å²) < 4.78 is 0. The molecule has 0 spiro atoms. The number of carboxylic acid groups (broad SMARTS) is 1. The Morgan fingerprint density at radius 2 is 1.62 bits per heavy atom. The number of unbranched alkanes of at least 4 members (excludes halogenated alkanes) is 3.